The maximum Gasteiger partial charge on any atom is 0.276 e. The molecule has 0 bridgehead atoms. The Labute approximate surface area is 136 Å². The molecule has 0 atom stereocenters. The third-order valence-electron chi connectivity index (χ3n) is 4.20. The number of nitrogens with one attached hydrogen (secondary N) is 1. The van der Waals surface area contributed by atoms with Gasteiger partial charge in [-0.3, -0.25) is 14.5 Å². The van der Waals surface area contributed by atoms with Crippen LogP contribution in [0.15, 0.2) is 10.6 Å². The molecule has 2 heterocycles. The van der Waals surface area contributed by atoms with Gasteiger partial charge >= 0.3 is 0 Å². The van der Waals surface area contributed by atoms with Gasteiger partial charge in [-0.1, -0.05) is 5.16 Å². The molecule has 0 aromatic carbocycles. The van der Waals surface area contributed by atoms with Gasteiger partial charge in [0.05, 0.1) is 6.54 Å². The summed E-state index contributed by atoms with van der Waals surface area (Å²) < 4.78 is 5.25. The summed E-state index contributed by atoms with van der Waals surface area (Å²) in [5.41, 5.74) is 0.401. The van der Waals surface area contributed by atoms with Crippen molar-refractivity contribution in [3.8, 4) is 0 Å². The second-order valence-corrected chi connectivity index (χ2v) is 6.68. The normalized spacial score (nSPS) is 19.2. The molecule has 23 heavy (non-hydrogen) atoms. The first kappa shape index (κ1) is 16.0. The predicted molar refractivity (Wildman–Crippen MR) is 84.1 cm³/mol. The SMILES string of the molecule is CC(C)NC(=O)CN1CCN(C(=O)c2cc(C3CC3)on2)CC1. The average molecular weight is 320 g/mol. The van der Waals surface area contributed by atoms with E-state index < -0.39 is 0 Å². The number of piperazine rings is 1. The smallest absolute Gasteiger partial charge is 0.276 e. The van der Waals surface area contributed by atoms with Gasteiger partial charge in [-0.25, -0.2) is 0 Å². The molecule has 2 aliphatic rings. The minimum Gasteiger partial charge on any atom is -0.360 e. The summed E-state index contributed by atoms with van der Waals surface area (Å²) in [5.74, 6) is 1.25. The highest BCUT2D eigenvalue weighted by Gasteiger charge is 2.30. The fraction of sp³-hybridized carbons (Fsp3) is 0.688. The summed E-state index contributed by atoms with van der Waals surface area (Å²) in [6.45, 7) is 6.90. The van der Waals surface area contributed by atoms with Crippen LogP contribution in [0.5, 0.6) is 0 Å². The van der Waals surface area contributed by atoms with E-state index in [-0.39, 0.29) is 17.9 Å². The molecule has 126 valence electrons. The molecule has 0 unspecified atom stereocenters. The molecule has 1 aromatic rings. The number of aromatic nitrogens is 1. The van der Waals surface area contributed by atoms with Gasteiger partial charge in [-0.2, -0.15) is 0 Å². The molecule has 1 N–H and O–H groups in total. The minimum atomic E-state index is -0.0769. The number of carbonyl (C=O) groups excluding carboxylic acids is 2. The van der Waals surface area contributed by atoms with E-state index in [1.807, 2.05) is 13.8 Å². The van der Waals surface area contributed by atoms with Gasteiger partial charge in [0.15, 0.2) is 5.69 Å². The molecular formula is C16H24N4O3. The van der Waals surface area contributed by atoms with Crippen molar-refractivity contribution in [1.29, 1.82) is 0 Å². The third-order valence-corrected chi connectivity index (χ3v) is 4.20. The summed E-state index contributed by atoms with van der Waals surface area (Å²) in [6, 6.07) is 1.93. The molecule has 1 aromatic heterocycles. The molecule has 2 amide bonds. The molecule has 0 radical (unpaired) electrons. The van der Waals surface area contributed by atoms with Crippen LogP contribution in [0.25, 0.3) is 0 Å². The van der Waals surface area contributed by atoms with Crippen molar-refractivity contribution >= 4 is 11.8 Å². The molecule has 3 rings (SSSR count). The first-order valence-electron chi connectivity index (χ1n) is 8.30. The van der Waals surface area contributed by atoms with Crippen molar-refractivity contribution in [1.82, 2.24) is 20.3 Å². The van der Waals surface area contributed by atoms with Crippen molar-refractivity contribution in [3.63, 3.8) is 0 Å². The van der Waals surface area contributed by atoms with Crippen LogP contribution in [0.2, 0.25) is 0 Å². The van der Waals surface area contributed by atoms with Crippen LogP contribution in [0.1, 0.15) is 48.9 Å². The quantitative estimate of drug-likeness (QED) is 0.869. The van der Waals surface area contributed by atoms with Crippen molar-refractivity contribution in [3.05, 3.63) is 17.5 Å². The van der Waals surface area contributed by atoms with E-state index in [2.05, 4.69) is 15.4 Å². The Morgan fingerprint density at radius 3 is 2.61 bits per heavy atom. The summed E-state index contributed by atoms with van der Waals surface area (Å²) >= 11 is 0. The van der Waals surface area contributed by atoms with Gasteiger partial charge in [-0.15, -0.1) is 0 Å². The fourth-order valence-electron chi connectivity index (χ4n) is 2.79. The maximum atomic E-state index is 12.4. The summed E-state index contributed by atoms with van der Waals surface area (Å²) in [5, 5.41) is 6.79. The molecule has 1 saturated heterocycles. The zero-order chi connectivity index (χ0) is 16.4. The van der Waals surface area contributed by atoms with Gasteiger partial charge < -0.3 is 14.7 Å². The number of amides is 2. The molecule has 7 nitrogen and oxygen atoms in total. The van der Waals surface area contributed by atoms with Crippen molar-refractivity contribution in [2.75, 3.05) is 32.7 Å². The molecule has 1 saturated carbocycles. The molecule has 7 heteroatoms. The van der Waals surface area contributed by atoms with Crippen LogP contribution in [-0.4, -0.2) is 65.5 Å². The monoisotopic (exact) mass is 320 g/mol. The van der Waals surface area contributed by atoms with Crippen LogP contribution >= 0.6 is 0 Å². The average Bonchev–Trinajstić information content (AvgIpc) is 3.24. The molecule has 2 fully saturated rings. The van der Waals surface area contributed by atoms with E-state index >= 15 is 0 Å². The second kappa shape index (κ2) is 6.70. The van der Waals surface area contributed by atoms with Crippen molar-refractivity contribution < 1.29 is 14.1 Å². The van der Waals surface area contributed by atoms with Gasteiger partial charge in [0, 0.05) is 44.2 Å². The highest BCUT2D eigenvalue weighted by atomic mass is 16.5. The number of nitrogens with zero attached hydrogens (tertiary/aromatic N) is 3. The zero-order valence-electron chi connectivity index (χ0n) is 13.7. The summed E-state index contributed by atoms with van der Waals surface area (Å²) in [6.07, 6.45) is 2.25. The van der Waals surface area contributed by atoms with Gasteiger partial charge in [0.1, 0.15) is 5.76 Å². The molecule has 0 spiro atoms. The van der Waals surface area contributed by atoms with E-state index in [0.29, 0.717) is 44.3 Å². The van der Waals surface area contributed by atoms with Gasteiger partial charge in [-0.05, 0) is 26.7 Å². The third kappa shape index (κ3) is 4.10. The van der Waals surface area contributed by atoms with Crippen LogP contribution < -0.4 is 5.32 Å². The Bertz CT molecular complexity index is 572. The zero-order valence-corrected chi connectivity index (χ0v) is 13.7. The largest absolute Gasteiger partial charge is 0.360 e. The number of rotatable bonds is 5. The lowest BCUT2D eigenvalue weighted by atomic mass is 10.2. The van der Waals surface area contributed by atoms with Gasteiger partial charge in [0.25, 0.3) is 5.91 Å². The van der Waals surface area contributed by atoms with Crippen LogP contribution in [0.4, 0.5) is 0 Å². The topological polar surface area (TPSA) is 78.7 Å². The van der Waals surface area contributed by atoms with Crippen molar-refractivity contribution in [2.45, 2.75) is 38.6 Å². The maximum absolute atomic E-state index is 12.4. The van der Waals surface area contributed by atoms with E-state index in [4.69, 9.17) is 4.52 Å². The predicted octanol–water partition coefficient (Wildman–Crippen LogP) is 0.834. The lowest BCUT2D eigenvalue weighted by Gasteiger charge is -2.34. The standard InChI is InChI=1S/C16H24N4O3/c1-11(2)17-15(21)10-19-5-7-20(8-6-19)16(22)13-9-14(23-18-13)12-3-4-12/h9,11-12H,3-8,10H2,1-2H3,(H,17,21). The highest BCUT2D eigenvalue weighted by molar-refractivity contribution is 5.92. The molecular weight excluding hydrogens is 296 g/mol. The lowest BCUT2D eigenvalue weighted by molar-refractivity contribution is -0.123. The van der Waals surface area contributed by atoms with Crippen LogP contribution in [-0.2, 0) is 4.79 Å². The Morgan fingerprint density at radius 2 is 2.00 bits per heavy atom. The Morgan fingerprint density at radius 1 is 1.30 bits per heavy atom. The highest BCUT2D eigenvalue weighted by Crippen LogP contribution is 2.40. The number of hydrogen-bond acceptors (Lipinski definition) is 5. The molecule has 1 aliphatic heterocycles. The summed E-state index contributed by atoms with van der Waals surface area (Å²) in [4.78, 5) is 28.1. The number of hydrogen-bond donors (Lipinski definition) is 1. The minimum absolute atomic E-state index is 0.0327. The fourth-order valence-corrected chi connectivity index (χ4v) is 2.79. The Balaban J connectivity index is 1.48. The van der Waals surface area contributed by atoms with E-state index in [9.17, 15) is 9.59 Å². The lowest BCUT2D eigenvalue weighted by Crippen LogP contribution is -2.51. The van der Waals surface area contributed by atoms with Gasteiger partial charge in [0.2, 0.25) is 5.91 Å². The molecule has 1 aliphatic carbocycles. The first-order valence-corrected chi connectivity index (χ1v) is 8.30. The second-order valence-electron chi connectivity index (χ2n) is 6.68. The van der Waals surface area contributed by atoms with E-state index in [1.165, 1.54) is 0 Å². The Hall–Kier alpha value is -1.89. The summed E-state index contributed by atoms with van der Waals surface area (Å²) in [7, 11) is 0. The van der Waals surface area contributed by atoms with E-state index in [1.54, 1.807) is 11.0 Å². The van der Waals surface area contributed by atoms with Crippen LogP contribution in [0, 0.1) is 0 Å². The first-order chi connectivity index (χ1) is 11.0. The van der Waals surface area contributed by atoms with E-state index in [0.717, 1.165) is 18.6 Å². The number of carbonyl (C=O) groups is 2. The van der Waals surface area contributed by atoms with Crippen LogP contribution in [0.3, 0.4) is 0 Å². The van der Waals surface area contributed by atoms with Crippen molar-refractivity contribution in [2.24, 2.45) is 0 Å². The Kier molecular flexibility index (Phi) is 4.66.